The number of rotatable bonds is 5. The van der Waals surface area contributed by atoms with E-state index in [4.69, 9.17) is 17.3 Å². The second-order valence-corrected chi connectivity index (χ2v) is 6.23. The molecule has 2 amide bonds. The van der Waals surface area contributed by atoms with Crippen LogP contribution in [0.3, 0.4) is 0 Å². The van der Waals surface area contributed by atoms with Gasteiger partial charge in [0.2, 0.25) is 5.91 Å². The number of amides is 2. The number of carbonyl (C=O) groups excluding carboxylic acids is 2. The highest BCUT2D eigenvalue weighted by Gasteiger charge is 2.16. The Morgan fingerprint density at radius 2 is 1.92 bits per heavy atom. The van der Waals surface area contributed by atoms with Crippen molar-refractivity contribution in [2.45, 2.75) is 6.54 Å². The molecule has 0 aliphatic carbocycles. The molecule has 0 atom stereocenters. The average molecular weight is 369 g/mol. The van der Waals surface area contributed by atoms with Crippen LogP contribution in [0.1, 0.15) is 26.4 Å². The molecule has 2 aromatic carbocycles. The van der Waals surface area contributed by atoms with Crippen LogP contribution in [0.4, 0.5) is 0 Å². The molecule has 1 aromatic heterocycles. The number of hydrogen-bond donors (Lipinski definition) is 1. The Labute approximate surface area is 155 Å². The number of carbonyl (C=O) groups is 2. The van der Waals surface area contributed by atoms with Crippen molar-refractivity contribution in [3.05, 3.63) is 82.6 Å². The summed E-state index contributed by atoms with van der Waals surface area (Å²) in [6.45, 7) is 0.332. The molecule has 0 bridgehead atoms. The molecule has 0 saturated heterocycles. The first-order valence-corrected chi connectivity index (χ1v) is 8.28. The van der Waals surface area contributed by atoms with Crippen LogP contribution in [0, 0.1) is 0 Å². The second-order valence-electron chi connectivity index (χ2n) is 5.82. The summed E-state index contributed by atoms with van der Waals surface area (Å²) in [6, 6.07) is 15.8. The third-order valence-electron chi connectivity index (χ3n) is 3.89. The number of para-hydroxylation sites is 1. The Morgan fingerprint density at radius 1 is 1.15 bits per heavy atom. The number of benzene rings is 2. The van der Waals surface area contributed by atoms with Gasteiger partial charge >= 0.3 is 0 Å². The number of nitrogens with two attached hydrogens (primary N) is 1. The molecule has 0 spiro atoms. The molecule has 0 saturated carbocycles. The first-order valence-electron chi connectivity index (χ1n) is 7.90. The van der Waals surface area contributed by atoms with Gasteiger partial charge in [-0.3, -0.25) is 9.59 Å². The van der Waals surface area contributed by atoms with Gasteiger partial charge in [-0.05, 0) is 35.9 Å². The van der Waals surface area contributed by atoms with Gasteiger partial charge in [-0.15, -0.1) is 0 Å². The fourth-order valence-electron chi connectivity index (χ4n) is 2.57. The van der Waals surface area contributed by atoms with Gasteiger partial charge in [-0.2, -0.15) is 5.10 Å². The Balaban J connectivity index is 1.76. The zero-order valence-corrected chi connectivity index (χ0v) is 14.8. The van der Waals surface area contributed by atoms with Crippen LogP contribution in [0.2, 0.25) is 5.02 Å². The van der Waals surface area contributed by atoms with E-state index in [1.54, 1.807) is 48.3 Å². The lowest BCUT2D eigenvalue weighted by Crippen LogP contribution is -2.27. The molecule has 0 aliphatic rings. The van der Waals surface area contributed by atoms with Gasteiger partial charge in [0.15, 0.2) is 5.69 Å². The van der Waals surface area contributed by atoms with Gasteiger partial charge in [-0.25, -0.2) is 4.68 Å². The SMILES string of the molecule is CN(Cc1cccc(C(N)=O)c1)C(=O)c1ccn(-c2ccccc2Cl)n1. The third-order valence-corrected chi connectivity index (χ3v) is 4.21. The molecule has 0 unspecified atom stereocenters. The monoisotopic (exact) mass is 368 g/mol. The summed E-state index contributed by atoms with van der Waals surface area (Å²) in [5, 5.41) is 4.86. The smallest absolute Gasteiger partial charge is 0.274 e. The van der Waals surface area contributed by atoms with Crippen LogP contribution in [0.5, 0.6) is 0 Å². The largest absolute Gasteiger partial charge is 0.366 e. The quantitative estimate of drug-likeness (QED) is 0.751. The Hall–Kier alpha value is -3.12. The number of halogens is 1. The van der Waals surface area contributed by atoms with Gasteiger partial charge < -0.3 is 10.6 Å². The molecule has 7 heteroatoms. The molecule has 0 radical (unpaired) electrons. The van der Waals surface area contributed by atoms with E-state index in [9.17, 15) is 9.59 Å². The first kappa shape index (κ1) is 17.7. The summed E-state index contributed by atoms with van der Waals surface area (Å²) < 4.78 is 1.57. The van der Waals surface area contributed by atoms with Crippen LogP contribution in [-0.4, -0.2) is 33.5 Å². The van der Waals surface area contributed by atoms with Crippen LogP contribution in [0.15, 0.2) is 60.8 Å². The topological polar surface area (TPSA) is 81.2 Å². The van der Waals surface area contributed by atoms with E-state index < -0.39 is 5.91 Å². The summed E-state index contributed by atoms with van der Waals surface area (Å²) >= 11 is 6.16. The van der Waals surface area contributed by atoms with E-state index in [1.807, 2.05) is 24.3 Å². The summed E-state index contributed by atoms with van der Waals surface area (Å²) in [5.74, 6) is -0.736. The molecule has 2 N–H and O–H groups in total. The minimum Gasteiger partial charge on any atom is -0.366 e. The Kier molecular flexibility index (Phi) is 5.04. The summed E-state index contributed by atoms with van der Waals surface area (Å²) in [6.07, 6.45) is 1.69. The fraction of sp³-hybridized carbons (Fsp3) is 0.105. The lowest BCUT2D eigenvalue weighted by Gasteiger charge is -2.16. The molecule has 3 rings (SSSR count). The van der Waals surface area contributed by atoms with E-state index in [0.29, 0.717) is 28.5 Å². The zero-order chi connectivity index (χ0) is 18.7. The van der Waals surface area contributed by atoms with E-state index >= 15 is 0 Å². The van der Waals surface area contributed by atoms with Crippen molar-refractivity contribution >= 4 is 23.4 Å². The summed E-state index contributed by atoms with van der Waals surface area (Å²) in [5.41, 5.74) is 7.51. The van der Waals surface area contributed by atoms with E-state index in [1.165, 1.54) is 4.90 Å². The number of hydrogen-bond acceptors (Lipinski definition) is 3. The number of nitrogens with zero attached hydrogens (tertiary/aromatic N) is 3. The maximum absolute atomic E-state index is 12.6. The van der Waals surface area contributed by atoms with Crippen molar-refractivity contribution < 1.29 is 9.59 Å². The third kappa shape index (κ3) is 3.75. The van der Waals surface area contributed by atoms with Gasteiger partial charge in [-0.1, -0.05) is 35.9 Å². The predicted octanol–water partition coefficient (Wildman–Crippen LogP) is 2.90. The van der Waals surface area contributed by atoms with Gasteiger partial charge in [0.05, 0.1) is 10.7 Å². The molecule has 3 aromatic rings. The number of primary amides is 1. The van der Waals surface area contributed by atoms with Gasteiger partial charge in [0.1, 0.15) is 0 Å². The first-order chi connectivity index (χ1) is 12.5. The van der Waals surface area contributed by atoms with E-state index in [0.717, 1.165) is 5.56 Å². The van der Waals surface area contributed by atoms with Crippen molar-refractivity contribution in [2.75, 3.05) is 7.05 Å². The molecule has 0 aliphatic heterocycles. The Bertz CT molecular complexity index is 967. The fourth-order valence-corrected chi connectivity index (χ4v) is 2.80. The van der Waals surface area contributed by atoms with E-state index in [-0.39, 0.29) is 5.91 Å². The highest BCUT2D eigenvalue weighted by Crippen LogP contribution is 2.19. The van der Waals surface area contributed by atoms with Crippen molar-refractivity contribution in [3.63, 3.8) is 0 Å². The summed E-state index contributed by atoms with van der Waals surface area (Å²) in [7, 11) is 1.67. The van der Waals surface area contributed by atoms with Crippen molar-refractivity contribution in [3.8, 4) is 5.69 Å². The van der Waals surface area contributed by atoms with Crippen molar-refractivity contribution in [2.24, 2.45) is 5.73 Å². The highest BCUT2D eigenvalue weighted by molar-refractivity contribution is 6.32. The standard InChI is InChI=1S/C19H17ClN4O2/c1-23(12-13-5-4-6-14(11-13)18(21)25)19(26)16-9-10-24(22-16)17-8-3-2-7-15(17)20/h2-11H,12H2,1H3,(H2,21,25). The molecular formula is C19H17ClN4O2. The molecule has 132 valence electrons. The maximum atomic E-state index is 12.6. The molecular weight excluding hydrogens is 352 g/mol. The highest BCUT2D eigenvalue weighted by atomic mass is 35.5. The minimum absolute atomic E-state index is 0.236. The molecule has 6 nitrogen and oxygen atoms in total. The normalized spacial score (nSPS) is 10.5. The van der Waals surface area contributed by atoms with Crippen LogP contribution in [-0.2, 0) is 6.54 Å². The lowest BCUT2D eigenvalue weighted by atomic mass is 10.1. The maximum Gasteiger partial charge on any atom is 0.274 e. The van der Waals surface area contributed by atoms with Crippen molar-refractivity contribution in [1.29, 1.82) is 0 Å². The second kappa shape index (κ2) is 7.41. The molecule has 0 fully saturated rings. The zero-order valence-electron chi connectivity index (χ0n) is 14.1. The molecule has 1 heterocycles. The summed E-state index contributed by atoms with van der Waals surface area (Å²) in [4.78, 5) is 25.4. The number of aromatic nitrogens is 2. The molecule has 26 heavy (non-hydrogen) atoms. The lowest BCUT2D eigenvalue weighted by molar-refractivity contribution is 0.0778. The minimum atomic E-state index is -0.501. The average Bonchev–Trinajstić information content (AvgIpc) is 3.11. The van der Waals surface area contributed by atoms with Gasteiger partial charge in [0, 0.05) is 25.4 Å². The van der Waals surface area contributed by atoms with Crippen molar-refractivity contribution in [1.82, 2.24) is 14.7 Å². The van der Waals surface area contributed by atoms with E-state index in [2.05, 4.69) is 5.10 Å². The van der Waals surface area contributed by atoms with Crippen LogP contribution in [0.25, 0.3) is 5.69 Å². The van der Waals surface area contributed by atoms with Gasteiger partial charge in [0.25, 0.3) is 5.91 Å². The van der Waals surface area contributed by atoms with Crippen LogP contribution >= 0.6 is 11.6 Å². The Morgan fingerprint density at radius 3 is 2.65 bits per heavy atom. The predicted molar refractivity (Wildman–Crippen MR) is 99.3 cm³/mol. The van der Waals surface area contributed by atoms with Crippen LogP contribution < -0.4 is 5.73 Å².